The number of benzene rings is 1. The molecule has 1 amide bonds. The largest absolute Gasteiger partial charge is 0.323 e. The van der Waals surface area contributed by atoms with Crippen LogP contribution in [0.1, 0.15) is 11.1 Å². The van der Waals surface area contributed by atoms with Crippen LogP contribution >= 0.6 is 11.8 Å². The molecule has 4 rings (SSSR count). The van der Waals surface area contributed by atoms with Gasteiger partial charge in [0.2, 0.25) is 5.91 Å². The average molecular weight is 348 g/mol. The van der Waals surface area contributed by atoms with Crippen LogP contribution in [-0.2, 0) is 4.79 Å². The van der Waals surface area contributed by atoms with Gasteiger partial charge in [0.25, 0.3) is 0 Å². The summed E-state index contributed by atoms with van der Waals surface area (Å²) in [5, 5.41) is 6.07. The van der Waals surface area contributed by atoms with Crippen LogP contribution in [0.5, 0.6) is 0 Å². The van der Waals surface area contributed by atoms with E-state index in [1.54, 1.807) is 30.2 Å². The van der Waals surface area contributed by atoms with Gasteiger partial charge in [-0.1, -0.05) is 30.0 Å². The summed E-state index contributed by atoms with van der Waals surface area (Å²) in [4.78, 5) is 22.7. The molecule has 0 fully saturated rings. The topological polar surface area (TPSA) is 57.6 Å². The standard InChI is InChI=1S/C19H16N4OS/c24-18(8-3-14-2-1-9-20-12-14)22-16-6-4-15(5-7-16)17-13-25-19-21-10-11-23(17)19/h1-9,12-13H,10-11H2,(H,22,24)/b8-3+. The number of thioether (sulfide) groups is 1. The number of hydrogen-bond donors (Lipinski definition) is 1. The van der Waals surface area contributed by atoms with Crippen molar-refractivity contribution in [2.24, 2.45) is 4.99 Å². The predicted molar refractivity (Wildman–Crippen MR) is 103 cm³/mol. The molecule has 1 N–H and O–H groups in total. The van der Waals surface area contributed by atoms with E-state index in [4.69, 9.17) is 0 Å². The second-order valence-corrected chi connectivity index (χ2v) is 6.46. The summed E-state index contributed by atoms with van der Waals surface area (Å²) < 4.78 is 0. The molecule has 0 unspecified atom stereocenters. The minimum absolute atomic E-state index is 0.166. The Labute approximate surface area is 150 Å². The number of nitrogens with one attached hydrogen (secondary N) is 1. The van der Waals surface area contributed by atoms with E-state index in [2.05, 4.69) is 25.6 Å². The quantitative estimate of drug-likeness (QED) is 0.860. The molecule has 3 heterocycles. The van der Waals surface area contributed by atoms with Crippen LogP contribution in [-0.4, -0.2) is 34.0 Å². The summed E-state index contributed by atoms with van der Waals surface area (Å²) in [7, 11) is 0. The minimum Gasteiger partial charge on any atom is -0.323 e. The lowest BCUT2D eigenvalue weighted by molar-refractivity contribution is -0.111. The van der Waals surface area contributed by atoms with Crippen LogP contribution in [0, 0.1) is 0 Å². The van der Waals surface area contributed by atoms with E-state index in [1.165, 1.54) is 11.8 Å². The van der Waals surface area contributed by atoms with Crippen LogP contribution in [0.25, 0.3) is 11.8 Å². The summed E-state index contributed by atoms with van der Waals surface area (Å²) >= 11 is 1.67. The number of hydrogen-bond acceptors (Lipinski definition) is 5. The highest BCUT2D eigenvalue weighted by Crippen LogP contribution is 2.35. The smallest absolute Gasteiger partial charge is 0.248 e. The zero-order chi connectivity index (χ0) is 17.1. The molecule has 124 valence electrons. The molecule has 2 aliphatic rings. The van der Waals surface area contributed by atoms with E-state index in [0.29, 0.717) is 0 Å². The molecule has 2 aliphatic heterocycles. The van der Waals surface area contributed by atoms with Crippen LogP contribution in [0.3, 0.4) is 0 Å². The van der Waals surface area contributed by atoms with Gasteiger partial charge in [-0.15, -0.1) is 0 Å². The molecular formula is C19H16N4OS. The maximum absolute atomic E-state index is 12.0. The molecule has 0 atom stereocenters. The number of carbonyl (C=O) groups is 1. The molecule has 0 bridgehead atoms. The average Bonchev–Trinajstić information content (AvgIpc) is 3.25. The van der Waals surface area contributed by atoms with Gasteiger partial charge in [-0.25, -0.2) is 0 Å². The lowest BCUT2D eigenvalue weighted by Crippen LogP contribution is -2.19. The lowest BCUT2D eigenvalue weighted by Gasteiger charge is -2.16. The Bertz CT molecular complexity index is 872. The summed E-state index contributed by atoms with van der Waals surface area (Å²) in [5.41, 5.74) is 3.96. The number of rotatable bonds is 4. The first-order chi connectivity index (χ1) is 12.3. The number of pyridine rings is 1. The molecule has 1 aromatic carbocycles. The van der Waals surface area contributed by atoms with E-state index >= 15 is 0 Å². The highest BCUT2D eigenvalue weighted by Gasteiger charge is 2.26. The van der Waals surface area contributed by atoms with Crippen molar-refractivity contribution in [3.63, 3.8) is 0 Å². The monoisotopic (exact) mass is 348 g/mol. The van der Waals surface area contributed by atoms with E-state index in [9.17, 15) is 4.79 Å². The van der Waals surface area contributed by atoms with Crippen molar-refractivity contribution in [2.75, 3.05) is 18.4 Å². The third-order valence-corrected chi connectivity index (χ3v) is 4.83. The molecule has 5 nitrogen and oxygen atoms in total. The Balaban J connectivity index is 1.40. The van der Waals surface area contributed by atoms with E-state index in [1.807, 2.05) is 36.4 Å². The van der Waals surface area contributed by atoms with Crippen molar-refractivity contribution in [1.82, 2.24) is 9.88 Å². The Hall–Kier alpha value is -2.86. The number of fused-ring (bicyclic) bond motifs is 1. The fourth-order valence-corrected chi connectivity index (χ4v) is 3.66. The van der Waals surface area contributed by atoms with Crippen molar-refractivity contribution < 1.29 is 4.79 Å². The highest BCUT2D eigenvalue weighted by atomic mass is 32.2. The van der Waals surface area contributed by atoms with Crippen molar-refractivity contribution in [1.29, 1.82) is 0 Å². The van der Waals surface area contributed by atoms with Gasteiger partial charge in [-0.05, 0) is 35.4 Å². The van der Waals surface area contributed by atoms with Gasteiger partial charge in [0.1, 0.15) is 0 Å². The Morgan fingerprint density at radius 1 is 1.24 bits per heavy atom. The second-order valence-electron chi connectivity index (χ2n) is 5.62. The third kappa shape index (κ3) is 3.49. The van der Waals surface area contributed by atoms with E-state index in [0.717, 1.165) is 35.1 Å². The lowest BCUT2D eigenvalue weighted by atomic mass is 10.1. The van der Waals surface area contributed by atoms with Crippen LogP contribution in [0.15, 0.2) is 65.3 Å². The maximum atomic E-state index is 12.0. The number of amidine groups is 1. The molecule has 0 aliphatic carbocycles. The number of anilines is 1. The molecule has 1 aromatic heterocycles. The van der Waals surface area contributed by atoms with Gasteiger partial charge < -0.3 is 10.2 Å². The first-order valence-electron chi connectivity index (χ1n) is 7.98. The van der Waals surface area contributed by atoms with Gasteiger partial charge in [-0.3, -0.25) is 14.8 Å². The molecule has 6 heteroatoms. The molecular weight excluding hydrogens is 332 g/mol. The van der Waals surface area contributed by atoms with Gasteiger partial charge in [0, 0.05) is 36.1 Å². The van der Waals surface area contributed by atoms with Gasteiger partial charge in [0.05, 0.1) is 12.2 Å². The van der Waals surface area contributed by atoms with Crippen LogP contribution in [0.2, 0.25) is 0 Å². The Morgan fingerprint density at radius 2 is 2.12 bits per heavy atom. The van der Waals surface area contributed by atoms with Gasteiger partial charge in [0.15, 0.2) is 5.17 Å². The van der Waals surface area contributed by atoms with Crippen molar-refractivity contribution in [2.45, 2.75) is 0 Å². The molecule has 2 aromatic rings. The van der Waals surface area contributed by atoms with Crippen molar-refractivity contribution in [3.8, 4) is 0 Å². The number of aromatic nitrogens is 1. The number of amides is 1. The summed E-state index contributed by atoms with van der Waals surface area (Å²) in [6.07, 6.45) is 6.66. The van der Waals surface area contributed by atoms with E-state index in [-0.39, 0.29) is 5.91 Å². The first kappa shape index (κ1) is 15.7. The van der Waals surface area contributed by atoms with Crippen molar-refractivity contribution in [3.05, 3.63) is 71.4 Å². The molecule has 25 heavy (non-hydrogen) atoms. The van der Waals surface area contributed by atoms with Crippen molar-refractivity contribution >= 4 is 40.3 Å². The summed E-state index contributed by atoms with van der Waals surface area (Å²) in [6.45, 7) is 1.79. The van der Waals surface area contributed by atoms with Crippen LogP contribution in [0.4, 0.5) is 5.69 Å². The van der Waals surface area contributed by atoms with Gasteiger partial charge in [-0.2, -0.15) is 0 Å². The number of carbonyl (C=O) groups excluding carboxylic acids is 1. The van der Waals surface area contributed by atoms with Crippen LogP contribution < -0.4 is 5.32 Å². The maximum Gasteiger partial charge on any atom is 0.248 e. The molecule has 0 saturated carbocycles. The van der Waals surface area contributed by atoms with Gasteiger partial charge >= 0.3 is 0 Å². The predicted octanol–water partition coefficient (Wildman–Crippen LogP) is 3.45. The first-order valence-corrected chi connectivity index (χ1v) is 8.86. The molecule has 0 radical (unpaired) electrons. The second kappa shape index (κ2) is 6.94. The molecule has 0 saturated heterocycles. The third-order valence-electron chi connectivity index (χ3n) is 3.93. The highest BCUT2D eigenvalue weighted by molar-refractivity contribution is 8.16. The minimum atomic E-state index is -0.166. The summed E-state index contributed by atoms with van der Waals surface area (Å²) in [5.74, 6) is -0.166. The molecule has 0 spiro atoms. The fourth-order valence-electron chi connectivity index (χ4n) is 2.70. The zero-order valence-electron chi connectivity index (χ0n) is 13.4. The fraction of sp³-hybridized carbons (Fsp3) is 0.105. The Kier molecular flexibility index (Phi) is 4.35. The van der Waals surface area contributed by atoms with E-state index < -0.39 is 0 Å². The Morgan fingerprint density at radius 3 is 2.92 bits per heavy atom. The summed E-state index contributed by atoms with van der Waals surface area (Å²) in [6, 6.07) is 11.6. The normalized spacial score (nSPS) is 15.9. The SMILES string of the molecule is O=C(/C=C/c1cccnc1)Nc1ccc(C2=CSC3=NCCN23)cc1. The zero-order valence-corrected chi connectivity index (χ0v) is 14.2. The number of aliphatic imine (C=N–C) groups is 1. The number of nitrogens with zero attached hydrogens (tertiary/aromatic N) is 3.